The maximum absolute atomic E-state index is 13.4. The smallest absolute Gasteiger partial charge is 0.330 e. The van der Waals surface area contributed by atoms with Gasteiger partial charge in [-0.1, -0.05) is 60.7 Å². The zero-order chi connectivity index (χ0) is 25.0. The van der Waals surface area contributed by atoms with E-state index < -0.39 is 24.1 Å². The highest BCUT2D eigenvalue weighted by molar-refractivity contribution is 7.99. The second kappa shape index (κ2) is 13.9. The van der Waals surface area contributed by atoms with Gasteiger partial charge in [-0.15, -0.1) is 0 Å². The SMILES string of the molecule is CCOC(=O)C(CCc1ccccc1)N[C@@H](C)C(=O)N1CCSCC1C(=O)OCc1ccccc1. The number of rotatable bonds is 11. The van der Waals surface area contributed by atoms with E-state index in [4.69, 9.17) is 9.47 Å². The van der Waals surface area contributed by atoms with E-state index in [0.717, 1.165) is 16.9 Å². The highest BCUT2D eigenvalue weighted by Gasteiger charge is 2.36. The van der Waals surface area contributed by atoms with Gasteiger partial charge in [0.05, 0.1) is 12.6 Å². The Bertz CT molecular complexity index is 957. The van der Waals surface area contributed by atoms with E-state index in [1.54, 1.807) is 30.5 Å². The molecule has 2 aromatic rings. The third-order valence-electron chi connectivity index (χ3n) is 5.86. The topological polar surface area (TPSA) is 84.9 Å². The van der Waals surface area contributed by atoms with Gasteiger partial charge in [-0.2, -0.15) is 11.8 Å². The molecular formula is C27H34N2O5S. The number of carbonyl (C=O) groups is 3. The summed E-state index contributed by atoms with van der Waals surface area (Å²) in [6.45, 7) is 4.38. The van der Waals surface area contributed by atoms with Crippen molar-refractivity contribution in [3.63, 3.8) is 0 Å². The van der Waals surface area contributed by atoms with Crippen LogP contribution in [-0.4, -0.2) is 65.5 Å². The van der Waals surface area contributed by atoms with Crippen molar-refractivity contribution in [2.45, 2.75) is 51.4 Å². The minimum absolute atomic E-state index is 0.168. The maximum atomic E-state index is 13.4. The lowest BCUT2D eigenvalue weighted by Gasteiger charge is -2.36. The van der Waals surface area contributed by atoms with Crippen molar-refractivity contribution in [1.82, 2.24) is 10.2 Å². The first-order chi connectivity index (χ1) is 17.0. The van der Waals surface area contributed by atoms with Crippen molar-refractivity contribution in [3.05, 3.63) is 71.8 Å². The van der Waals surface area contributed by atoms with Crippen molar-refractivity contribution in [3.8, 4) is 0 Å². The van der Waals surface area contributed by atoms with Crippen molar-refractivity contribution < 1.29 is 23.9 Å². The van der Waals surface area contributed by atoms with Gasteiger partial charge in [-0.25, -0.2) is 4.79 Å². The lowest BCUT2D eigenvalue weighted by molar-refractivity contribution is -0.156. The molecule has 7 nitrogen and oxygen atoms in total. The van der Waals surface area contributed by atoms with Gasteiger partial charge in [-0.3, -0.25) is 14.9 Å². The molecule has 0 bridgehead atoms. The van der Waals surface area contributed by atoms with Gasteiger partial charge in [0, 0.05) is 18.1 Å². The van der Waals surface area contributed by atoms with Crippen LogP contribution in [0.1, 0.15) is 31.4 Å². The van der Waals surface area contributed by atoms with Crippen LogP contribution in [0.3, 0.4) is 0 Å². The van der Waals surface area contributed by atoms with E-state index in [2.05, 4.69) is 5.32 Å². The van der Waals surface area contributed by atoms with E-state index in [0.29, 0.717) is 25.1 Å². The Kier molecular flexibility index (Phi) is 10.6. The van der Waals surface area contributed by atoms with Crippen LogP contribution in [0, 0.1) is 0 Å². The molecule has 1 aliphatic rings. The monoisotopic (exact) mass is 498 g/mol. The Morgan fingerprint density at radius 1 is 1.03 bits per heavy atom. The molecule has 2 unspecified atom stereocenters. The predicted molar refractivity (Wildman–Crippen MR) is 137 cm³/mol. The van der Waals surface area contributed by atoms with E-state index >= 15 is 0 Å². The first-order valence-corrected chi connectivity index (χ1v) is 13.2. The van der Waals surface area contributed by atoms with E-state index in [1.165, 1.54) is 0 Å². The molecule has 1 fully saturated rings. The van der Waals surface area contributed by atoms with Crippen molar-refractivity contribution >= 4 is 29.6 Å². The Hall–Kier alpha value is -2.84. The van der Waals surface area contributed by atoms with Crippen LogP contribution < -0.4 is 5.32 Å². The zero-order valence-electron chi connectivity index (χ0n) is 20.4. The standard InChI is InChI=1S/C27H34N2O5S/c1-3-33-26(31)23(15-14-21-10-6-4-7-11-21)28-20(2)25(30)29-16-17-35-19-24(29)27(32)34-18-22-12-8-5-9-13-22/h4-13,20,23-24,28H,3,14-19H2,1-2H3/t20-,23?,24?/m0/s1. The van der Waals surface area contributed by atoms with Crippen LogP contribution in [0.25, 0.3) is 0 Å². The van der Waals surface area contributed by atoms with Gasteiger partial charge in [0.15, 0.2) is 0 Å². The summed E-state index contributed by atoms with van der Waals surface area (Å²) in [5.41, 5.74) is 2.00. The summed E-state index contributed by atoms with van der Waals surface area (Å²) in [7, 11) is 0. The first kappa shape index (κ1) is 26.8. The molecule has 0 aromatic heterocycles. The number of thioether (sulfide) groups is 1. The number of nitrogens with zero attached hydrogens (tertiary/aromatic N) is 1. The first-order valence-electron chi connectivity index (χ1n) is 12.0. The summed E-state index contributed by atoms with van der Waals surface area (Å²) < 4.78 is 10.8. The van der Waals surface area contributed by atoms with Gasteiger partial charge in [-0.05, 0) is 37.8 Å². The number of hydrogen-bond donors (Lipinski definition) is 1. The zero-order valence-corrected chi connectivity index (χ0v) is 21.2. The number of hydrogen-bond acceptors (Lipinski definition) is 7. The summed E-state index contributed by atoms with van der Waals surface area (Å²) >= 11 is 1.63. The molecule has 3 rings (SSSR count). The maximum Gasteiger partial charge on any atom is 0.330 e. The molecule has 1 amide bonds. The highest BCUT2D eigenvalue weighted by Crippen LogP contribution is 2.20. The van der Waals surface area contributed by atoms with E-state index in [9.17, 15) is 14.4 Å². The number of benzene rings is 2. The molecule has 1 aliphatic heterocycles. The van der Waals surface area contributed by atoms with Gasteiger partial charge in [0.25, 0.3) is 0 Å². The highest BCUT2D eigenvalue weighted by atomic mass is 32.2. The van der Waals surface area contributed by atoms with Crippen LogP contribution in [0.2, 0.25) is 0 Å². The van der Waals surface area contributed by atoms with Gasteiger partial charge in [0.2, 0.25) is 5.91 Å². The third kappa shape index (κ3) is 8.11. The molecule has 35 heavy (non-hydrogen) atoms. The van der Waals surface area contributed by atoms with Gasteiger partial charge < -0.3 is 14.4 Å². The normalized spacial score (nSPS) is 17.3. The van der Waals surface area contributed by atoms with Crippen molar-refractivity contribution in [2.24, 2.45) is 0 Å². The molecule has 0 radical (unpaired) electrons. The van der Waals surface area contributed by atoms with Crippen molar-refractivity contribution in [2.75, 3.05) is 24.7 Å². The summed E-state index contributed by atoms with van der Waals surface area (Å²) in [6.07, 6.45) is 1.17. The quantitative estimate of drug-likeness (QED) is 0.476. The molecule has 1 heterocycles. The largest absolute Gasteiger partial charge is 0.465 e. The molecule has 0 aliphatic carbocycles. The number of aryl methyl sites for hydroxylation is 1. The molecule has 0 spiro atoms. The fourth-order valence-corrected chi connectivity index (χ4v) is 5.01. The van der Waals surface area contributed by atoms with Crippen molar-refractivity contribution in [1.29, 1.82) is 0 Å². The van der Waals surface area contributed by atoms with Crippen LogP contribution in [0.4, 0.5) is 0 Å². The summed E-state index contributed by atoms with van der Waals surface area (Å²) in [4.78, 5) is 40.4. The number of ether oxygens (including phenoxy) is 2. The van der Waals surface area contributed by atoms with Crippen LogP contribution >= 0.6 is 11.8 Å². The Labute approximate surface area is 211 Å². The second-order valence-electron chi connectivity index (χ2n) is 8.43. The van der Waals surface area contributed by atoms with E-state index in [-0.39, 0.29) is 25.1 Å². The minimum atomic E-state index is -0.660. The number of esters is 2. The van der Waals surface area contributed by atoms with Gasteiger partial charge in [0.1, 0.15) is 18.7 Å². The Morgan fingerprint density at radius 3 is 2.34 bits per heavy atom. The summed E-state index contributed by atoms with van der Waals surface area (Å²) in [5, 5.41) is 3.16. The molecule has 188 valence electrons. The molecular weight excluding hydrogens is 464 g/mol. The lowest BCUT2D eigenvalue weighted by Crippen LogP contribution is -2.57. The van der Waals surface area contributed by atoms with Gasteiger partial charge >= 0.3 is 11.9 Å². The minimum Gasteiger partial charge on any atom is -0.465 e. The van der Waals surface area contributed by atoms with Crippen LogP contribution in [-0.2, 0) is 36.9 Å². The summed E-state index contributed by atoms with van der Waals surface area (Å²) in [6, 6.07) is 17.4. The molecule has 0 saturated carbocycles. The molecule has 8 heteroatoms. The Morgan fingerprint density at radius 2 is 1.69 bits per heavy atom. The average Bonchev–Trinajstić information content (AvgIpc) is 2.90. The third-order valence-corrected chi connectivity index (χ3v) is 6.89. The summed E-state index contributed by atoms with van der Waals surface area (Å²) in [5.74, 6) is 0.224. The fraction of sp³-hybridized carbons (Fsp3) is 0.444. The Balaban J connectivity index is 1.62. The average molecular weight is 499 g/mol. The number of carbonyl (C=O) groups excluding carboxylic acids is 3. The van der Waals surface area contributed by atoms with Crippen LogP contribution in [0.5, 0.6) is 0 Å². The number of nitrogens with one attached hydrogen (secondary N) is 1. The fourth-order valence-electron chi connectivity index (χ4n) is 3.98. The molecule has 1 N–H and O–H groups in total. The lowest BCUT2D eigenvalue weighted by atomic mass is 10.0. The second-order valence-corrected chi connectivity index (χ2v) is 9.58. The number of amides is 1. The molecule has 1 saturated heterocycles. The molecule has 3 atom stereocenters. The predicted octanol–water partition coefficient (Wildman–Crippen LogP) is 3.22. The van der Waals surface area contributed by atoms with E-state index in [1.807, 2.05) is 60.7 Å². The molecule has 2 aromatic carbocycles. The van der Waals surface area contributed by atoms with Crippen LogP contribution in [0.15, 0.2) is 60.7 Å².